The molecule has 0 bridgehead atoms. The van der Waals surface area contributed by atoms with Crippen LogP contribution in [0.25, 0.3) is 0 Å². The molecule has 4 heteroatoms. The van der Waals surface area contributed by atoms with Crippen LogP contribution in [0, 0.1) is 6.92 Å². The van der Waals surface area contributed by atoms with Gasteiger partial charge in [-0.2, -0.15) is 0 Å². The van der Waals surface area contributed by atoms with Crippen LogP contribution in [0.4, 0.5) is 0 Å². The van der Waals surface area contributed by atoms with E-state index in [1.807, 2.05) is 49.4 Å². The first-order valence-corrected chi connectivity index (χ1v) is 7.71. The zero-order chi connectivity index (χ0) is 16.5. The second kappa shape index (κ2) is 8.96. The molecule has 0 heterocycles. The summed E-state index contributed by atoms with van der Waals surface area (Å²) in [5.74, 6) is 0.748. The lowest BCUT2D eigenvalue weighted by atomic mass is 10.1. The number of carbonyl (C=O) groups is 1. The van der Waals surface area contributed by atoms with Crippen molar-refractivity contribution in [3.63, 3.8) is 0 Å². The molecule has 0 spiro atoms. The predicted molar refractivity (Wildman–Crippen MR) is 90.5 cm³/mol. The maximum atomic E-state index is 11.8. The Morgan fingerprint density at radius 3 is 2.65 bits per heavy atom. The molecule has 23 heavy (non-hydrogen) atoms. The van der Waals surface area contributed by atoms with Crippen LogP contribution < -0.4 is 10.1 Å². The fraction of sp³-hybridized carbons (Fsp3) is 0.316. The van der Waals surface area contributed by atoms with Crippen LogP contribution in [0.3, 0.4) is 0 Å². The lowest BCUT2D eigenvalue weighted by Crippen LogP contribution is -2.29. The molecule has 0 unspecified atom stereocenters. The van der Waals surface area contributed by atoms with Gasteiger partial charge in [0.05, 0.1) is 13.7 Å². The Balaban J connectivity index is 1.70. The van der Waals surface area contributed by atoms with Crippen molar-refractivity contribution in [2.45, 2.75) is 20.0 Å². The zero-order valence-corrected chi connectivity index (χ0v) is 13.7. The van der Waals surface area contributed by atoms with Crippen molar-refractivity contribution in [3.05, 3.63) is 65.2 Å². The van der Waals surface area contributed by atoms with Gasteiger partial charge < -0.3 is 14.8 Å². The van der Waals surface area contributed by atoms with Crippen molar-refractivity contribution in [3.8, 4) is 5.75 Å². The summed E-state index contributed by atoms with van der Waals surface area (Å²) in [7, 11) is 1.66. The molecule has 2 rings (SSSR count). The second-order valence-electron chi connectivity index (χ2n) is 5.39. The van der Waals surface area contributed by atoms with E-state index in [2.05, 4.69) is 11.4 Å². The summed E-state index contributed by atoms with van der Waals surface area (Å²) in [4.78, 5) is 11.8. The molecule has 0 aliphatic rings. The lowest BCUT2D eigenvalue weighted by molar-refractivity contribution is -0.126. The Hall–Kier alpha value is -2.33. The molecule has 1 amide bonds. The van der Waals surface area contributed by atoms with Crippen molar-refractivity contribution >= 4 is 5.91 Å². The fourth-order valence-electron chi connectivity index (χ4n) is 2.33. The molecule has 1 N–H and O–H groups in total. The van der Waals surface area contributed by atoms with Crippen molar-refractivity contribution in [1.82, 2.24) is 5.32 Å². The van der Waals surface area contributed by atoms with Crippen molar-refractivity contribution in [1.29, 1.82) is 0 Å². The number of nitrogens with one attached hydrogen (secondary N) is 1. The number of hydrogen-bond acceptors (Lipinski definition) is 3. The molecule has 122 valence electrons. The van der Waals surface area contributed by atoms with E-state index in [9.17, 15) is 4.79 Å². The van der Waals surface area contributed by atoms with Gasteiger partial charge in [0.2, 0.25) is 5.91 Å². The van der Waals surface area contributed by atoms with Crippen LogP contribution in [0.15, 0.2) is 48.5 Å². The molecule has 0 saturated carbocycles. The highest BCUT2D eigenvalue weighted by Crippen LogP contribution is 2.19. The van der Waals surface area contributed by atoms with Gasteiger partial charge in [-0.1, -0.05) is 48.0 Å². The Morgan fingerprint density at radius 2 is 1.91 bits per heavy atom. The molecule has 0 saturated heterocycles. The average Bonchev–Trinajstić information content (AvgIpc) is 2.56. The summed E-state index contributed by atoms with van der Waals surface area (Å²) >= 11 is 0. The molecule has 0 aromatic heterocycles. The van der Waals surface area contributed by atoms with E-state index in [-0.39, 0.29) is 12.5 Å². The van der Waals surface area contributed by atoms with Gasteiger partial charge in [0.1, 0.15) is 12.4 Å². The lowest BCUT2D eigenvalue weighted by Gasteiger charge is -2.10. The summed E-state index contributed by atoms with van der Waals surface area (Å²) in [5, 5.41) is 2.87. The summed E-state index contributed by atoms with van der Waals surface area (Å²) in [6.45, 7) is 3.12. The van der Waals surface area contributed by atoms with E-state index >= 15 is 0 Å². The van der Waals surface area contributed by atoms with E-state index in [1.165, 1.54) is 5.56 Å². The van der Waals surface area contributed by atoms with Gasteiger partial charge >= 0.3 is 0 Å². The molecule has 0 radical (unpaired) electrons. The predicted octanol–water partition coefficient (Wildman–Crippen LogP) is 2.88. The summed E-state index contributed by atoms with van der Waals surface area (Å²) in [6, 6.07) is 15.9. The fourth-order valence-corrected chi connectivity index (χ4v) is 2.33. The number of benzene rings is 2. The minimum atomic E-state index is -0.104. The maximum Gasteiger partial charge on any atom is 0.246 e. The van der Waals surface area contributed by atoms with Crippen LogP contribution >= 0.6 is 0 Å². The summed E-state index contributed by atoms with van der Waals surface area (Å²) < 4.78 is 10.7. The van der Waals surface area contributed by atoms with Gasteiger partial charge in [0.25, 0.3) is 0 Å². The number of carbonyl (C=O) groups excluding carboxylic acids is 1. The molecule has 0 fully saturated rings. The first kappa shape index (κ1) is 17.0. The number of aryl methyl sites for hydroxylation is 1. The Bertz CT molecular complexity index is 626. The highest BCUT2D eigenvalue weighted by molar-refractivity contribution is 5.77. The Morgan fingerprint density at radius 1 is 1.13 bits per heavy atom. The number of methoxy groups -OCH3 is 1. The van der Waals surface area contributed by atoms with Crippen LogP contribution in [-0.2, 0) is 22.6 Å². The molecular weight excluding hydrogens is 290 g/mol. The molecule has 4 nitrogen and oxygen atoms in total. The monoisotopic (exact) mass is 313 g/mol. The number of ether oxygens (including phenoxy) is 2. The molecule has 0 aliphatic heterocycles. The van der Waals surface area contributed by atoms with Crippen LogP contribution in [0.2, 0.25) is 0 Å². The largest absolute Gasteiger partial charge is 0.496 e. The highest BCUT2D eigenvalue weighted by Gasteiger charge is 2.05. The van der Waals surface area contributed by atoms with Crippen LogP contribution in [0.5, 0.6) is 5.75 Å². The van der Waals surface area contributed by atoms with E-state index in [1.54, 1.807) is 7.11 Å². The molecular formula is C19H23NO3. The number of amides is 1. The Kier molecular flexibility index (Phi) is 6.63. The average molecular weight is 313 g/mol. The topological polar surface area (TPSA) is 47.6 Å². The molecule has 2 aromatic rings. The normalized spacial score (nSPS) is 10.3. The minimum Gasteiger partial charge on any atom is -0.496 e. The second-order valence-corrected chi connectivity index (χ2v) is 5.39. The van der Waals surface area contributed by atoms with Gasteiger partial charge in [-0.15, -0.1) is 0 Å². The standard InChI is InChI=1S/C19H23NO3/c1-15-8-9-18(22-2)17(12-15)10-11-20-19(21)14-23-13-16-6-4-3-5-7-16/h3-9,12H,10-11,13-14H2,1-2H3,(H,20,21). The first-order chi connectivity index (χ1) is 11.2. The molecule has 0 atom stereocenters. The highest BCUT2D eigenvalue weighted by atomic mass is 16.5. The third-order valence-electron chi connectivity index (χ3n) is 3.50. The van der Waals surface area contributed by atoms with Gasteiger partial charge in [0.15, 0.2) is 0 Å². The van der Waals surface area contributed by atoms with E-state index in [0.29, 0.717) is 13.2 Å². The zero-order valence-electron chi connectivity index (χ0n) is 13.7. The van der Waals surface area contributed by atoms with E-state index in [0.717, 1.165) is 23.3 Å². The van der Waals surface area contributed by atoms with E-state index < -0.39 is 0 Å². The first-order valence-electron chi connectivity index (χ1n) is 7.71. The van der Waals surface area contributed by atoms with E-state index in [4.69, 9.17) is 9.47 Å². The van der Waals surface area contributed by atoms with Gasteiger partial charge in [0, 0.05) is 6.54 Å². The summed E-state index contributed by atoms with van der Waals surface area (Å²) in [6.07, 6.45) is 0.731. The third kappa shape index (κ3) is 5.75. The Labute approximate surface area is 137 Å². The third-order valence-corrected chi connectivity index (χ3v) is 3.50. The van der Waals surface area contributed by atoms with Crippen LogP contribution in [-0.4, -0.2) is 26.2 Å². The molecule has 0 aliphatic carbocycles. The van der Waals surface area contributed by atoms with Gasteiger partial charge in [-0.25, -0.2) is 0 Å². The van der Waals surface area contributed by atoms with Gasteiger partial charge in [-0.3, -0.25) is 4.79 Å². The minimum absolute atomic E-state index is 0.0693. The SMILES string of the molecule is COc1ccc(C)cc1CCNC(=O)COCc1ccccc1. The summed E-state index contributed by atoms with van der Waals surface area (Å²) in [5.41, 5.74) is 3.33. The van der Waals surface area contributed by atoms with Crippen LogP contribution in [0.1, 0.15) is 16.7 Å². The smallest absolute Gasteiger partial charge is 0.246 e. The number of rotatable bonds is 8. The quantitative estimate of drug-likeness (QED) is 0.815. The van der Waals surface area contributed by atoms with Crippen molar-refractivity contribution in [2.24, 2.45) is 0 Å². The molecule has 2 aromatic carbocycles. The van der Waals surface area contributed by atoms with Crippen molar-refractivity contribution < 1.29 is 14.3 Å². The number of hydrogen-bond donors (Lipinski definition) is 1. The van der Waals surface area contributed by atoms with Crippen molar-refractivity contribution in [2.75, 3.05) is 20.3 Å². The maximum absolute atomic E-state index is 11.8. The van der Waals surface area contributed by atoms with Gasteiger partial charge in [-0.05, 0) is 30.5 Å².